The highest BCUT2D eigenvalue weighted by Crippen LogP contribution is 2.45. The van der Waals surface area contributed by atoms with Gasteiger partial charge in [0.25, 0.3) is 11.5 Å². The molecule has 6 rings (SSSR count). The Morgan fingerprint density at radius 1 is 1.18 bits per heavy atom. The van der Waals surface area contributed by atoms with Crippen molar-refractivity contribution < 1.29 is 29.1 Å². The first-order valence-electron chi connectivity index (χ1n) is 12.0. The highest BCUT2D eigenvalue weighted by molar-refractivity contribution is 7.22. The van der Waals surface area contributed by atoms with E-state index in [9.17, 15) is 24.8 Å². The molecule has 2 aliphatic heterocycles. The number of amides is 1. The zero-order chi connectivity index (χ0) is 27.4. The van der Waals surface area contributed by atoms with E-state index in [-0.39, 0.29) is 28.3 Å². The number of aliphatic hydroxyl groups is 1. The Labute approximate surface area is 225 Å². The summed E-state index contributed by atoms with van der Waals surface area (Å²) in [5.74, 6) is -0.884. The molecule has 10 nitrogen and oxygen atoms in total. The molecule has 2 aliphatic rings. The van der Waals surface area contributed by atoms with E-state index in [1.54, 1.807) is 42.5 Å². The number of carbonyl (C=O) groups is 2. The number of benzene rings is 3. The van der Waals surface area contributed by atoms with Crippen molar-refractivity contribution in [1.82, 2.24) is 4.98 Å². The Balaban J connectivity index is 1.55. The number of ether oxygens (including phenoxy) is 2. The monoisotopic (exact) mass is 543 g/mol. The van der Waals surface area contributed by atoms with Crippen LogP contribution in [-0.2, 0) is 16.0 Å². The van der Waals surface area contributed by atoms with E-state index < -0.39 is 22.7 Å². The fourth-order valence-electron chi connectivity index (χ4n) is 5.00. The molecule has 1 aromatic heterocycles. The number of hydrogen-bond acceptors (Lipinski definition) is 9. The highest BCUT2D eigenvalue weighted by atomic mass is 32.1. The van der Waals surface area contributed by atoms with Gasteiger partial charge in [0.05, 0.1) is 33.9 Å². The Kier molecular flexibility index (Phi) is 5.80. The molecule has 1 saturated heterocycles. The standard InChI is InChI=1S/C28H21N3O7S/c1-14-10-17-11-16(6-9-21(17)38-14)25(32)23-24(15-4-3-5-18(12-15)31(35)36)30(27(34)26(23)33)28-29-20-8-7-19(37-2)13-22(20)39-28/h3-9,11-14,24,32H,10H2,1-2H3/b25-23+. The second kappa shape index (κ2) is 9.21. The van der Waals surface area contributed by atoms with Gasteiger partial charge in [0, 0.05) is 24.1 Å². The van der Waals surface area contributed by atoms with Gasteiger partial charge in [-0.1, -0.05) is 23.5 Å². The van der Waals surface area contributed by atoms with E-state index in [2.05, 4.69) is 4.98 Å². The number of aliphatic hydroxyl groups excluding tert-OH is 1. The lowest BCUT2D eigenvalue weighted by atomic mass is 9.94. The van der Waals surface area contributed by atoms with E-state index in [4.69, 9.17) is 9.47 Å². The Morgan fingerprint density at radius 2 is 2.00 bits per heavy atom. The molecule has 0 radical (unpaired) electrons. The number of ketones is 1. The van der Waals surface area contributed by atoms with Gasteiger partial charge in [-0.05, 0) is 54.4 Å². The van der Waals surface area contributed by atoms with E-state index in [1.165, 1.54) is 41.5 Å². The summed E-state index contributed by atoms with van der Waals surface area (Å²) in [5.41, 5.74) is 1.70. The second-order valence-electron chi connectivity index (χ2n) is 9.31. The predicted molar refractivity (Wildman–Crippen MR) is 144 cm³/mol. The molecule has 1 amide bonds. The molecule has 39 heavy (non-hydrogen) atoms. The van der Waals surface area contributed by atoms with Crippen molar-refractivity contribution in [1.29, 1.82) is 0 Å². The number of rotatable bonds is 5. The minimum Gasteiger partial charge on any atom is -0.507 e. The normalized spacial score (nSPS) is 19.8. The Morgan fingerprint density at radius 3 is 2.77 bits per heavy atom. The SMILES string of the molecule is COc1ccc2nc(N3C(=O)C(=O)/C(=C(/O)c4ccc5c(c4)CC(C)O5)C3c3cccc([N+](=O)[O-])c3)sc2c1. The minimum atomic E-state index is -1.14. The van der Waals surface area contributed by atoms with Gasteiger partial charge >= 0.3 is 5.91 Å². The third kappa shape index (κ3) is 4.07. The number of nitro groups is 1. The smallest absolute Gasteiger partial charge is 0.301 e. The summed E-state index contributed by atoms with van der Waals surface area (Å²) in [4.78, 5) is 43.8. The summed E-state index contributed by atoms with van der Waals surface area (Å²) < 4.78 is 11.8. The lowest BCUT2D eigenvalue weighted by Gasteiger charge is -2.22. The Bertz CT molecular complexity index is 1730. The molecule has 11 heteroatoms. The number of nitro benzene ring substituents is 1. The van der Waals surface area contributed by atoms with Crippen LogP contribution in [0.15, 0.2) is 66.2 Å². The first kappa shape index (κ1) is 24.6. The van der Waals surface area contributed by atoms with E-state index in [0.717, 1.165) is 10.3 Å². The maximum atomic E-state index is 13.5. The first-order chi connectivity index (χ1) is 18.7. The molecular weight excluding hydrogens is 522 g/mol. The average Bonchev–Trinajstić information content (AvgIpc) is 3.59. The summed E-state index contributed by atoms with van der Waals surface area (Å²) in [6.07, 6.45) is 0.611. The van der Waals surface area contributed by atoms with Gasteiger partial charge in [0.2, 0.25) is 0 Å². The number of Topliss-reactive ketones (excluding diaryl/α,β-unsaturated/α-hetero) is 1. The van der Waals surface area contributed by atoms with Crippen LogP contribution in [0.3, 0.4) is 0 Å². The lowest BCUT2D eigenvalue weighted by molar-refractivity contribution is -0.384. The van der Waals surface area contributed by atoms with Crippen LogP contribution in [0.4, 0.5) is 10.8 Å². The number of aromatic nitrogens is 1. The van der Waals surface area contributed by atoms with Crippen LogP contribution < -0.4 is 14.4 Å². The maximum Gasteiger partial charge on any atom is 0.301 e. The fraction of sp³-hybridized carbons (Fsp3) is 0.179. The zero-order valence-electron chi connectivity index (χ0n) is 20.8. The fourth-order valence-corrected chi connectivity index (χ4v) is 6.02. The molecule has 2 unspecified atom stereocenters. The van der Waals surface area contributed by atoms with Crippen molar-refractivity contribution in [3.8, 4) is 11.5 Å². The molecule has 0 aliphatic carbocycles. The van der Waals surface area contributed by atoms with E-state index in [1.807, 2.05) is 6.92 Å². The Hall–Kier alpha value is -4.77. The topological polar surface area (TPSA) is 132 Å². The van der Waals surface area contributed by atoms with Crippen molar-refractivity contribution in [2.45, 2.75) is 25.5 Å². The van der Waals surface area contributed by atoms with Crippen LogP contribution in [0, 0.1) is 10.1 Å². The molecule has 2 atom stereocenters. The van der Waals surface area contributed by atoms with Crippen LogP contribution in [-0.4, -0.2) is 39.9 Å². The summed E-state index contributed by atoms with van der Waals surface area (Å²) in [6.45, 7) is 1.93. The highest BCUT2D eigenvalue weighted by Gasteiger charge is 2.48. The zero-order valence-corrected chi connectivity index (χ0v) is 21.6. The summed E-state index contributed by atoms with van der Waals surface area (Å²) in [6, 6.07) is 14.8. The molecular formula is C28H21N3O7S. The molecule has 3 heterocycles. The third-order valence-corrected chi connectivity index (χ3v) is 7.82. The van der Waals surface area contributed by atoms with E-state index >= 15 is 0 Å². The summed E-state index contributed by atoms with van der Waals surface area (Å²) >= 11 is 1.17. The van der Waals surface area contributed by atoms with E-state index in [0.29, 0.717) is 34.6 Å². The molecule has 0 spiro atoms. The molecule has 3 aromatic carbocycles. The average molecular weight is 544 g/mol. The number of anilines is 1. The van der Waals surface area contributed by atoms with Gasteiger partial charge < -0.3 is 14.6 Å². The largest absolute Gasteiger partial charge is 0.507 e. The van der Waals surface area contributed by atoms with Crippen LogP contribution in [0.2, 0.25) is 0 Å². The van der Waals surface area contributed by atoms with Gasteiger partial charge in [-0.25, -0.2) is 4.98 Å². The molecule has 1 N–H and O–H groups in total. The summed E-state index contributed by atoms with van der Waals surface area (Å²) in [5, 5.41) is 23.2. The van der Waals surface area contributed by atoms with Crippen molar-refractivity contribution in [3.63, 3.8) is 0 Å². The molecule has 196 valence electrons. The van der Waals surface area contributed by atoms with Crippen LogP contribution in [0.1, 0.15) is 29.7 Å². The quantitative estimate of drug-likeness (QED) is 0.120. The maximum absolute atomic E-state index is 13.5. The molecule has 0 saturated carbocycles. The first-order valence-corrected chi connectivity index (χ1v) is 12.9. The number of non-ortho nitro benzene ring substituents is 1. The van der Waals surface area contributed by atoms with Crippen LogP contribution in [0.25, 0.3) is 16.0 Å². The van der Waals surface area contributed by atoms with Crippen molar-refractivity contribution >= 4 is 49.8 Å². The van der Waals surface area contributed by atoms with Gasteiger partial charge in [-0.15, -0.1) is 0 Å². The van der Waals surface area contributed by atoms with Crippen molar-refractivity contribution in [2.75, 3.05) is 12.0 Å². The number of thiazole rings is 1. The summed E-state index contributed by atoms with van der Waals surface area (Å²) in [7, 11) is 1.54. The molecule has 0 bridgehead atoms. The molecule has 4 aromatic rings. The van der Waals surface area contributed by atoms with Crippen molar-refractivity contribution in [3.05, 3.63) is 93.0 Å². The van der Waals surface area contributed by atoms with Gasteiger partial charge in [-0.3, -0.25) is 24.6 Å². The van der Waals surface area contributed by atoms with Gasteiger partial charge in [0.1, 0.15) is 23.4 Å². The number of hydrogen-bond donors (Lipinski definition) is 1. The lowest BCUT2D eigenvalue weighted by Crippen LogP contribution is -2.29. The number of carbonyl (C=O) groups excluding carboxylic acids is 2. The molecule has 1 fully saturated rings. The predicted octanol–water partition coefficient (Wildman–Crippen LogP) is 5.16. The number of nitrogens with zero attached hydrogens (tertiary/aromatic N) is 3. The third-order valence-electron chi connectivity index (χ3n) is 6.80. The number of methoxy groups -OCH3 is 1. The van der Waals surface area contributed by atoms with Gasteiger partial charge in [-0.2, -0.15) is 0 Å². The van der Waals surface area contributed by atoms with Crippen molar-refractivity contribution in [2.24, 2.45) is 0 Å². The van der Waals surface area contributed by atoms with Crippen LogP contribution >= 0.6 is 11.3 Å². The van der Waals surface area contributed by atoms with Gasteiger partial charge in [0.15, 0.2) is 5.13 Å². The minimum absolute atomic E-state index is 0.0227. The van der Waals surface area contributed by atoms with Crippen LogP contribution in [0.5, 0.6) is 11.5 Å². The number of fused-ring (bicyclic) bond motifs is 2. The second-order valence-corrected chi connectivity index (χ2v) is 10.3.